The third-order valence-corrected chi connectivity index (χ3v) is 4.48. The number of amides is 2. The molecule has 2 amide bonds. The van der Waals surface area contributed by atoms with Gasteiger partial charge in [-0.25, -0.2) is 0 Å². The topological polar surface area (TPSA) is 54.3 Å². The van der Waals surface area contributed by atoms with E-state index in [1.165, 1.54) is 23.1 Å². The van der Waals surface area contributed by atoms with Crippen LogP contribution in [0.25, 0.3) is 0 Å². The first kappa shape index (κ1) is 17.5. The molecule has 0 radical (unpaired) electrons. The molecule has 2 heterocycles. The van der Waals surface area contributed by atoms with Crippen LogP contribution in [0.1, 0.15) is 39.4 Å². The van der Waals surface area contributed by atoms with Gasteiger partial charge in [-0.15, -0.1) is 0 Å². The first-order valence-corrected chi connectivity index (χ1v) is 8.14. The predicted octanol–water partition coefficient (Wildman–Crippen LogP) is 3.77. The van der Waals surface area contributed by atoms with Gasteiger partial charge in [0.1, 0.15) is 5.69 Å². The Labute approximate surface area is 149 Å². The molecule has 1 aliphatic rings. The van der Waals surface area contributed by atoms with Gasteiger partial charge >= 0.3 is 6.18 Å². The molecule has 0 bridgehead atoms. The van der Waals surface area contributed by atoms with Crippen molar-refractivity contribution < 1.29 is 22.8 Å². The molecule has 1 aliphatic heterocycles. The van der Waals surface area contributed by atoms with E-state index >= 15 is 0 Å². The number of fused-ring (bicyclic) bond motifs is 1. The Morgan fingerprint density at radius 3 is 2.44 bits per heavy atom. The maximum atomic E-state index is 12.8. The second-order valence-electron chi connectivity index (χ2n) is 5.72. The maximum absolute atomic E-state index is 12.8. The predicted molar refractivity (Wildman–Crippen MR) is 88.7 cm³/mol. The van der Waals surface area contributed by atoms with Gasteiger partial charge in [0.2, 0.25) is 0 Å². The van der Waals surface area contributed by atoms with E-state index in [9.17, 15) is 22.8 Å². The highest BCUT2D eigenvalue weighted by Gasteiger charge is 2.35. The average Bonchev–Trinajstić information content (AvgIpc) is 3.02. The number of carbonyl (C=O) groups is 2. The lowest BCUT2D eigenvalue weighted by Crippen LogP contribution is -2.43. The van der Waals surface area contributed by atoms with Crippen LogP contribution < -0.4 is 9.24 Å². The summed E-state index contributed by atoms with van der Waals surface area (Å²) >= 11 is 2.85. The summed E-state index contributed by atoms with van der Waals surface area (Å²) < 4.78 is 42.1. The van der Waals surface area contributed by atoms with Crippen LogP contribution in [-0.4, -0.2) is 22.9 Å². The smallest absolute Gasteiger partial charge is 0.338 e. The molecule has 0 fully saturated rings. The lowest BCUT2D eigenvalue weighted by Gasteiger charge is -2.33. The monoisotopic (exact) mass is 415 g/mol. The summed E-state index contributed by atoms with van der Waals surface area (Å²) in [6, 6.07) is 5.80. The highest BCUT2D eigenvalue weighted by molar-refractivity contribution is 9.08. The molecule has 9 heteroatoms. The van der Waals surface area contributed by atoms with Crippen LogP contribution in [0.15, 0.2) is 36.5 Å². The van der Waals surface area contributed by atoms with Crippen molar-refractivity contribution in [2.75, 3.05) is 11.4 Å². The van der Waals surface area contributed by atoms with Gasteiger partial charge in [0.05, 0.1) is 11.1 Å². The van der Waals surface area contributed by atoms with Crippen molar-refractivity contribution in [3.05, 3.63) is 53.3 Å². The van der Waals surface area contributed by atoms with Crippen LogP contribution in [0.5, 0.6) is 0 Å². The Hall–Kier alpha value is -2.29. The van der Waals surface area contributed by atoms with Gasteiger partial charge in [0.15, 0.2) is 0 Å². The van der Waals surface area contributed by atoms with Crippen molar-refractivity contribution in [3.8, 4) is 0 Å². The van der Waals surface area contributed by atoms with Gasteiger partial charge in [0.25, 0.3) is 11.8 Å². The number of halogens is 4. The zero-order valence-electron chi connectivity index (χ0n) is 13.0. The number of hydrogen-bond acceptors (Lipinski definition) is 2. The number of alkyl halides is 3. The van der Waals surface area contributed by atoms with Crippen molar-refractivity contribution in [3.63, 3.8) is 0 Å². The minimum Gasteiger partial charge on any atom is -0.338 e. The number of hydrogen-bond donors (Lipinski definition) is 1. The number of carbonyl (C=O) groups excluding carboxylic acids is 2. The fourth-order valence-electron chi connectivity index (χ4n) is 2.89. The second kappa shape index (κ2) is 6.21. The summed E-state index contributed by atoms with van der Waals surface area (Å²) in [5, 5.41) is 0. The standard InChI is InChI=1S/C16H13BrF3N3O2/c1-9-8-23(11-4-2-10(3-5-11)16(18,19)20)15(25)13-12(14(24)21-17)6-7-22(9)13/h2-7,9H,8H2,1H3,(H,21,24)/t9-/m0/s1. The van der Waals surface area contributed by atoms with Crippen molar-refractivity contribution in [1.82, 2.24) is 8.91 Å². The zero-order chi connectivity index (χ0) is 18.4. The van der Waals surface area contributed by atoms with Crippen molar-refractivity contribution >= 4 is 33.6 Å². The Balaban J connectivity index is 1.99. The quantitative estimate of drug-likeness (QED) is 0.759. The number of anilines is 1. The van der Waals surface area contributed by atoms with Crippen molar-refractivity contribution in [1.29, 1.82) is 0 Å². The summed E-state index contributed by atoms with van der Waals surface area (Å²) in [5.41, 5.74) is -0.0278. The van der Waals surface area contributed by atoms with E-state index in [0.717, 1.165) is 12.1 Å². The minimum absolute atomic E-state index is 0.133. The maximum Gasteiger partial charge on any atom is 0.416 e. The van der Waals surface area contributed by atoms with E-state index in [4.69, 9.17) is 0 Å². The first-order valence-electron chi connectivity index (χ1n) is 7.35. The Morgan fingerprint density at radius 1 is 1.24 bits per heavy atom. The van der Waals surface area contributed by atoms with Gasteiger partial charge < -0.3 is 9.47 Å². The minimum atomic E-state index is -4.44. The van der Waals surface area contributed by atoms with Crippen LogP contribution in [-0.2, 0) is 6.18 Å². The van der Waals surface area contributed by atoms with Crippen LogP contribution in [0.2, 0.25) is 0 Å². The molecule has 3 rings (SSSR count). The molecule has 1 atom stereocenters. The molecule has 132 valence electrons. The Morgan fingerprint density at radius 2 is 1.88 bits per heavy atom. The van der Waals surface area contributed by atoms with Crippen LogP contribution in [0.3, 0.4) is 0 Å². The lowest BCUT2D eigenvalue weighted by atomic mass is 10.1. The van der Waals surface area contributed by atoms with E-state index in [2.05, 4.69) is 20.5 Å². The van der Waals surface area contributed by atoms with Gasteiger partial charge in [-0.2, -0.15) is 13.2 Å². The zero-order valence-corrected chi connectivity index (χ0v) is 14.6. The molecule has 5 nitrogen and oxygen atoms in total. The molecule has 0 saturated carbocycles. The van der Waals surface area contributed by atoms with E-state index in [1.807, 2.05) is 6.92 Å². The highest BCUT2D eigenvalue weighted by Crippen LogP contribution is 2.33. The van der Waals surface area contributed by atoms with E-state index < -0.39 is 23.6 Å². The molecular formula is C16H13BrF3N3O2. The SMILES string of the molecule is C[C@H]1CN(c2ccc(C(F)(F)F)cc2)C(=O)c2c(C(=O)NBr)ccn21. The molecule has 0 saturated heterocycles. The van der Waals surface area contributed by atoms with Crippen molar-refractivity contribution in [2.45, 2.75) is 19.1 Å². The molecule has 1 aromatic carbocycles. The first-order chi connectivity index (χ1) is 11.7. The number of benzene rings is 1. The Bertz CT molecular complexity index is 830. The molecule has 0 aliphatic carbocycles. The third-order valence-electron chi connectivity index (χ3n) is 4.12. The largest absolute Gasteiger partial charge is 0.416 e. The van der Waals surface area contributed by atoms with Crippen LogP contribution in [0.4, 0.5) is 18.9 Å². The molecule has 25 heavy (non-hydrogen) atoms. The van der Waals surface area contributed by atoms with E-state index in [-0.39, 0.29) is 17.3 Å². The van der Waals surface area contributed by atoms with Crippen LogP contribution in [0, 0.1) is 0 Å². The summed E-state index contributed by atoms with van der Waals surface area (Å²) in [6.07, 6.45) is -2.78. The van der Waals surface area contributed by atoms with Crippen molar-refractivity contribution in [2.24, 2.45) is 0 Å². The number of nitrogens with zero attached hydrogens (tertiary/aromatic N) is 2. The molecule has 1 aromatic heterocycles. The third kappa shape index (κ3) is 3.04. The molecule has 0 spiro atoms. The molecular weight excluding hydrogens is 403 g/mol. The van der Waals surface area contributed by atoms with Crippen LogP contribution >= 0.6 is 16.1 Å². The fraction of sp³-hybridized carbons (Fsp3) is 0.250. The summed E-state index contributed by atoms with van der Waals surface area (Å²) in [6.45, 7) is 2.16. The van der Waals surface area contributed by atoms with Gasteiger partial charge in [-0.3, -0.25) is 13.9 Å². The summed E-state index contributed by atoms with van der Waals surface area (Å²) in [5.74, 6) is -0.905. The highest BCUT2D eigenvalue weighted by atomic mass is 79.9. The number of aromatic nitrogens is 1. The number of nitrogens with one attached hydrogen (secondary N) is 1. The van der Waals surface area contributed by atoms with Gasteiger partial charge in [0, 0.05) is 40.6 Å². The summed E-state index contributed by atoms with van der Waals surface area (Å²) in [7, 11) is 0. The lowest BCUT2D eigenvalue weighted by molar-refractivity contribution is -0.137. The van der Waals surface area contributed by atoms with Gasteiger partial charge in [-0.05, 0) is 37.3 Å². The second-order valence-corrected chi connectivity index (χ2v) is 6.11. The summed E-state index contributed by atoms with van der Waals surface area (Å²) in [4.78, 5) is 26.1. The fourth-order valence-corrected chi connectivity index (χ4v) is 3.10. The van der Waals surface area contributed by atoms with Gasteiger partial charge in [-0.1, -0.05) is 0 Å². The normalized spacial score (nSPS) is 17.4. The van der Waals surface area contributed by atoms with E-state index in [0.29, 0.717) is 12.2 Å². The number of rotatable bonds is 2. The average molecular weight is 416 g/mol. The Kier molecular flexibility index (Phi) is 4.36. The van der Waals surface area contributed by atoms with E-state index in [1.54, 1.807) is 10.8 Å². The molecule has 2 aromatic rings. The molecule has 1 N–H and O–H groups in total. The molecule has 0 unspecified atom stereocenters.